The Morgan fingerprint density at radius 1 is 1.62 bits per heavy atom. The summed E-state index contributed by atoms with van der Waals surface area (Å²) in [5, 5.41) is 11.3. The van der Waals surface area contributed by atoms with Crippen molar-refractivity contribution < 1.29 is 9.90 Å². The molecular weight excluding hydrogens is 222 g/mol. The molecular formula is C12H19NO2S. The van der Waals surface area contributed by atoms with E-state index < -0.39 is 11.5 Å². The summed E-state index contributed by atoms with van der Waals surface area (Å²) in [6.45, 7) is 4.51. The average molecular weight is 241 g/mol. The second-order valence-electron chi connectivity index (χ2n) is 4.26. The van der Waals surface area contributed by atoms with Crippen molar-refractivity contribution in [1.29, 1.82) is 0 Å². The molecule has 0 bridgehead atoms. The number of carboxylic acids is 1. The van der Waals surface area contributed by atoms with E-state index in [1.807, 2.05) is 36.4 Å². The lowest BCUT2D eigenvalue weighted by molar-refractivity contribution is -0.150. The molecule has 1 unspecified atom stereocenters. The zero-order valence-corrected chi connectivity index (χ0v) is 10.9. The molecule has 1 N–H and O–H groups in total. The van der Waals surface area contributed by atoms with Gasteiger partial charge in [-0.1, -0.05) is 19.4 Å². The van der Waals surface area contributed by atoms with E-state index in [-0.39, 0.29) is 0 Å². The van der Waals surface area contributed by atoms with Crippen molar-refractivity contribution in [3.8, 4) is 0 Å². The molecule has 1 atom stereocenters. The fourth-order valence-corrected chi connectivity index (χ4v) is 2.52. The predicted octanol–water partition coefficient (Wildman–Crippen LogP) is 2.82. The summed E-state index contributed by atoms with van der Waals surface area (Å²) in [4.78, 5) is 14.5. The summed E-state index contributed by atoms with van der Waals surface area (Å²) >= 11 is 1.66. The van der Waals surface area contributed by atoms with Gasteiger partial charge in [-0.05, 0) is 31.8 Å². The van der Waals surface area contributed by atoms with Crippen LogP contribution in [0.25, 0.3) is 0 Å². The van der Waals surface area contributed by atoms with E-state index in [1.54, 1.807) is 18.3 Å². The maximum atomic E-state index is 11.3. The van der Waals surface area contributed by atoms with Crippen LogP contribution in [0.15, 0.2) is 17.5 Å². The molecule has 0 aliphatic rings. The largest absolute Gasteiger partial charge is 0.480 e. The Hall–Kier alpha value is -0.870. The molecule has 0 aliphatic heterocycles. The SMILES string of the molecule is CCCC(C)(C(=O)O)N(C)Cc1cccs1. The van der Waals surface area contributed by atoms with E-state index in [0.717, 1.165) is 6.42 Å². The van der Waals surface area contributed by atoms with Crippen LogP contribution >= 0.6 is 11.3 Å². The number of hydrogen-bond acceptors (Lipinski definition) is 3. The Morgan fingerprint density at radius 2 is 2.31 bits per heavy atom. The van der Waals surface area contributed by atoms with Crippen LogP contribution in [0.4, 0.5) is 0 Å². The number of nitrogens with zero attached hydrogens (tertiary/aromatic N) is 1. The summed E-state index contributed by atoms with van der Waals surface area (Å²) in [6.07, 6.45) is 1.54. The van der Waals surface area contributed by atoms with Crippen LogP contribution in [0.5, 0.6) is 0 Å². The van der Waals surface area contributed by atoms with Crippen molar-refractivity contribution in [3.63, 3.8) is 0 Å². The Labute approximate surface area is 101 Å². The van der Waals surface area contributed by atoms with Crippen LogP contribution in [-0.4, -0.2) is 28.6 Å². The van der Waals surface area contributed by atoms with E-state index in [2.05, 4.69) is 0 Å². The fourth-order valence-electron chi connectivity index (χ4n) is 1.76. The van der Waals surface area contributed by atoms with Gasteiger partial charge in [0.2, 0.25) is 0 Å². The van der Waals surface area contributed by atoms with E-state index in [9.17, 15) is 9.90 Å². The van der Waals surface area contributed by atoms with E-state index in [0.29, 0.717) is 13.0 Å². The molecule has 1 aromatic heterocycles. The van der Waals surface area contributed by atoms with Gasteiger partial charge in [0.1, 0.15) is 5.54 Å². The molecule has 4 heteroatoms. The molecule has 1 aromatic rings. The fraction of sp³-hybridized carbons (Fsp3) is 0.583. The van der Waals surface area contributed by atoms with Crippen LogP contribution in [0.3, 0.4) is 0 Å². The summed E-state index contributed by atoms with van der Waals surface area (Å²) in [5.41, 5.74) is -0.765. The summed E-state index contributed by atoms with van der Waals surface area (Å²) in [6, 6.07) is 4.03. The van der Waals surface area contributed by atoms with E-state index in [4.69, 9.17) is 0 Å². The van der Waals surface area contributed by atoms with Gasteiger partial charge < -0.3 is 5.11 Å². The van der Waals surface area contributed by atoms with Crippen molar-refractivity contribution in [1.82, 2.24) is 4.90 Å². The highest BCUT2D eigenvalue weighted by atomic mass is 32.1. The minimum atomic E-state index is -0.765. The monoisotopic (exact) mass is 241 g/mol. The molecule has 0 aliphatic carbocycles. The number of thiophene rings is 1. The number of rotatable bonds is 6. The van der Waals surface area contributed by atoms with Crippen molar-refractivity contribution in [2.45, 2.75) is 38.8 Å². The van der Waals surface area contributed by atoms with Gasteiger partial charge in [-0.25, -0.2) is 0 Å². The first kappa shape index (κ1) is 13.2. The number of likely N-dealkylation sites (N-methyl/N-ethyl adjacent to an activating group) is 1. The number of carbonyl (C=O) groups is 1. The third-order valence-corrected chi connectivity index (χ3v) is 3.87. The van der Waals surface area contributed by atoms with Crippen LogP contribution in [0.1, 0.15) is 31.6 Å². The zero-order chi connectivity index (χ0) is 12.2. The quantitative estimate of drug-likeness (QED) is 0.832. The number of aliphatic carboxylic acids is 1. The van der Waals surface area contributed by atoms with Crippen LogP contribution < -0.4 is 0 Å². The molecule has 0 spiro atoms. The average Bonchev–Trinajstić information content (AvgIpc) is 2.70. The van der Waals surface area contributed by atoms with Crippen molar-refractivity contribution in [2.75, 3.05) is 7.05 Å². The van der Waals surface area contributed by atoms with E-state index in [1.165, 1.54) is 4.88 Å². The Balaban J connectivity index is 2.75. The van der Waals surface area contributed by atoms with Crippen LogP contribution in [0, 0.1) is 0 Å². The second-order valence-corrected chi connectivity index (χ2v) is 5.30. The topological polar surface area (TPSA) is 40.5 Å². The molecule has 1 rings (SSSR count). The van der Waals surface area contributed by atoms with Gasteiger partial charge in [0.05, 0.1) is 0 Å². The molecule has 3 nitrogen and oxygen atoms in total. The third kappa shape index (κ3) is 2.83. The molecule has 90 valence electrons. The van der Waals surface area contributed by atoms with Crippen LogP contribution in [0.2, 0.25) is 0 Å². The summed E-state index contributed by atoms with van der Waals surface area (Å²) in [5.74, 6) is -0.742. The molecule has 0 saturated carbocycles. The first-order valence-corrected chi connectivity index (χ1v) is 6.35. The first-order chi connectivity index (χ1) is 7.50. The van der Waals surface area contributed by atoms with Crippen molar-refractivity contribution in [2.24, 2.45) is 0 Å². The second kappa shape index (κ2) is 5.46. The van der Waals surface area contributed by atoms with Gasteiger partial charge >= 0.3 is 5.97 Å². The normalized spacial score (nSPS) is 15.0. The molecule has 0 radical (unpaired) electrons. The Kier molecular flexibility index (Phi) is 4.50. The molecule has 0 fully saturated rings. The van der Waals surface area contributed by atoms with E-state index >= 15 is 0 Å². The van der Waals surface area contributed by atoms with Gasteiger partial charge in [-0.3, -0.25) is 9.69 Å². The Bertz CT molecular complexity index is 337. The van der Waals surface area contributed by atoms with Crippen LogP contribution in [-0.2, 0) is 11.3 Å². The smallest absolute Gasteiger partial charge is 0.323 e. The van der Waals surface area contributed by atoms with Crippen molar-refractivity contribution in [3.05, 3.63) is 22.4 Å². The molecule has 16 heavy (non-hydrogen) atoms. The molecule has 0 aromatic carbocycles. The van der Waals surface area contributed by atoms with Gasteiger partial charge in [0.25, 0.3) is 0 Å². The minimum absolute atomic E-state index is 0.671. The lowest BCUT2D eigenvalue weighted by Crippen LogP contribution is -2.49. The lowest BCUT2D eigenvalue weighted by Gasteiger charge is -2.34. The maximum Gasteiger partial charge on any atom is 0.323 e. The highest BCUT2D eigenvalue weighted by Crippen LogP contribution is 2.23. The predicted molar refractivity (Wildman–Crippen MR) is 66.7 cm³/mol. The molecule has 0 saturated heterocycles. The van der Waals surface area contributed by atoms with Crippen molar-refractivity contribution >= 4 is 17.3 Å². The summed E-state index contributed by atoms with van der Waals surface area (Å²) in [7, 11) is 1.88. The van der Waals surface area contributed by atoms with Gasteiger partial charge in [0, 0.05) is 11.4 Å². The van der Waals surface area contributed by atoms with Gasteiger partial charge in [0.15, 0.2) is 0 Å². The third-order valence-electron chi connectivity index (χ3n) is 3.01. The molecule has 0 amide bonds. The lowest BCUT2D eigenvalue weighted by atomic mass is 9.94. The number of carboxylic acid groups (broad SMARTS) is 1. The minimum Gasteiger partial charge on any atom is -0.480 e. The molecule has 1 heterocycles. The first-order valence-electron chi connectivity index (χ1n) is 5.47. The standard InChI is InChI=1S/C12H19NO2S/c1-4-7-12(2,11(14)15)13(3)9-10-6-5-8-16-10/h5-6,8H,4,7,9H2,1-3H3,(H,14,15). The summed E-state index contributed by atoms with van der Waals surface area (Å²) < 4.78 is 0. The van der Waals surface area contributed by atoms with Gasteiger partial charge in [-0.2, -0.15) is 0 Å². The highest BCUT2D eigenvalue weighted by molar-refractivity contribution is 7.09. The number of hydrogen-bond donors (Lipinski definition) is 1. The zero-order valence-electron chi connectivity index (χ0n) is 10.1. The Morgan fingerprint density at radius 3 is 2.75 bits per heavy atom. The highest BCUT2D eigenvalue weighted by Gasteiger charge is 2.36. The van der Waals surface area contributed by atoms with Gasteiger partial charge in [-0.15, -0.1) is 11.3 Å². The maximum absolute atomic E-state index is 11.3.